The molecule has 1 amide bonds. The molecule has 0 aliphatic rings. The van der Waals surface area contributed by atoms with Crippen LogP contribution < -0.4 is 5.32 Å². The van der Waals surface area contributed by atoms with Gasteiger partial charge in [-0.3, -0.25) is 9.48 Å². The minimum absolute atomic E-state index is 0.123. The summed E-state index contributed by atoms with van der Waals surface area (Å²) in [6.45, 7) is 4.53. The molecule has 2 heterocycles. The molecular weight excluding hydrogens is 398 g/mol. The number of amides is 1. The number of anilines is 1. The number of nitrogens with one attached hydrogen (secondary N) is 1. The van der Waals surface area contributed by atoms with Gasteiger partial charge in [-0.1, -0.05) is 41.9 Å². The van der Waals surface area contributed by atoms with Crippen LogP contribution in [0.1, 0.15) is 22.5 Å². The molecule has 0 fully saturated rings. The Morgan fingerprint density at radius 2 is 1.73 bits per heavy atom. The SMILES string of the molecule is Cc1nn(-c2ccc(Cl)cc2)c(C)c1CC(=O)Nc1ccn(Cc2ccccc2)n1. The van der Waals surface area contributed by atoms with E-state index in [9.17, 15) is 4.79 Å². The number of hydrogen-bond acceptors (Lipinski definition) is 3. The third-order valence-corrected chi connectivity index (χ3v) is 5.20. The number of carbonyl (C=O) groups excluding carboxylic acids is 1. The normalized spacial score (nSPS) is 10.9. The van der Waals surface area contributed by atoms with E-state index in [1.807, 2.05) is 79.3 Å². The number of halogens is 1. The minimum atomic E-state index is -0.123. The first kappa shape index (κ1) is 19.9. The van der Waals surface area contributed by atoms with Gasteiger partial charge >= 0.3 is 0 Å². The molecule has 0 saturated heterocycles. The fourth-order valence-electron chi connectivity index (χ4n) is 3.40. The first-order chi connectivity index (χ1) is 14.5. The fraction of sp³-hybridized carbons (Fsp3) is 0.174. The van der Waals surface area contributed by atoms with E-state index in [0.29, 0.717) is 17.4 Å². The van der Waals surface area contributed by atoms with Crippen molar-refractivity contribution in [1.29, 1.82) is 0 Å². The summed E-state index contributed by atoms with van der Waals surface area (Å²) in [6, 6.07) is 19.3. The van der Waals surface area contributed by atoms with Crippen LogP contribution in [0.2, 0.25) is 5.02 Å². The van der Waals surface area contributed by atoms with Crippen molar-refractivity contribution in [2.45, 2.75) is 26.8 Å². The van der Waals surface area contributed by atoms with Gasteiger partial charge in [-0.15, -0.1) is 0 Å². The van der Waals surface area contributed by atoms with Crippen molar-refractivity contribution in [2.24, 2.45) is 0 Å². The Morgan fingerprint density at radius 1 is 1.00 bits per heavy atom. The van der Waals surface area contributed by atoms with Crippen LogP contribution in [0.4, 0.5) is 5.82 Å². The summed E-state index contributed by atoms with van der Waals surface area (Å²) in [5.41, 5.74) is 4.73. The molecule has 4 rings (SSSR count). The van der Waals surface area contributed by atoms with E-state index < -0.39 is 0 Å². The quantitative estimate of drug-likeness (QED) is 0.498. The number of hydrogen-bond donors (Lipinski definition) is 1. The Bertz CT molecular complexity index is 1160. The first-order valence-electron chi connectivity index (χ1n) is 9.68. The summed E-state index contributed by atoms with van der Waals surface area (Å²) in [5.74, 6) is 0.415. The largest absolute Gasteiger partial charge is 0.309 e. The summed E-state index contributed by atoms with van der Waals surface area (Å²) in [5, 5.41) is 12.6. The summed E-state index contributed by atoms with van der Waals surface area (Å²) in [6.07, 6.45) is 2.09. The number of aromatic nitrogens is 4. The maximum Gasteiger partial charge on any atom is 0.230 e. The van der Waals surface area contributed by atoms with Crippen molar-refractivity contribution in [3.8, 4) is 5.69 Å². The van der Waals surface area contributed by atoms with Crippen molar-refractivity contribution < 1.29 is 4.79 Å². The number of benzene rings is 2. The predicted molar refractivity (Wildman–Crippen MR) is 118 cm³/mol. The van der Waals surface area contributed by atoms with Crippen molar-refractivity contribution in [1.82, 2.24) is 19.6 Å². The van der Waals surface area contributed by atoms with Crippen LogP contribution in [0.25, 0.3) is 5.69 Å². The van der Waals surface area contributed by atoms with E-state index in [4.69, 9.17) is 11.6 Å². The Balaban J connectivity index is 1.44. The highest BCUT2D eigenvalue weighted by Gasteiger charge is 2.16. The zero-order valence-electron chi connectivity index (χ0n) is 16.8. The predicted octanol–water partition coefficient (Wildman–Crippen LogP) is 4.57. The molecule has 0 unspecified atom stereocenters. The van der Waals surface area contributed by atoms with Gasteiger partial charge in [-0.25, -0.2) is 4.68 Å². The Labute approximate surface area is 180 Å². The molecule has 0 spiro atoms. The molecule has 0 radical (unpaired) electrons. The third kappa shape index (κ3) is 4.44. The van der Waals surface area contributed by atoms with Gasteiger partial charge in [0.25, 0.3) is 0 Å². The lowest BCUT2D eigenvalue weighted by molar-refractivity contribution is -0.115. The van der Waals surface area contributed by atoms with Gasteiger partial charge in [0, 0.05) is 28.5 Å². The average Bonchev–Trinajstić information content (AvgIpc) is 3.28. The van der Waals surface area contributed by atoms with Crippen LogP contribution in [0.5, 0.6) is 0 Å². The number of nitrogens with zero attached hydrogens (tertiary/aromatic N) is 4. The van der Waals surface area contributed by atoms with Crippen LogP contribution in [-0.2, 0) is 17.8 Å². The van der Waals surface area contributed by atoms with E-state index in [0.717, 1.165) is 28.2 Å². The van der Waals surface area contributed by atoms with Gasteiger partial charge in [-0.05, 0) is 43.7 Å². The average molecular weight is 420 g/mol. The van der Waals surface area contributed by atoms with Crippen LogP contribution in [-0.4, -0.2) is 25.5 Å². The van der Waals surface area contributed by atoms with E-state index >= 15 is 0 Å². The van der Waals surface area contributed by atoms with E-state index in [1.165, 1.54) is 0 Å². The summed E-state index contributed by atoms with van der Waals surface area (Å²) in [7, 11) is 0. The van der Waals surface area contributed by atoms with Crippen LogP contribution in [0.15, 0.2) is 66.9 Å². The molecule has 152 valence electrons. The lowest BCUT2D eigenvalue weighted by atomic mass is 10.1. The second-order valence-electron chi connectivity index (χ2n) is 7.15. The van der Waals surface area contributed by atoms with Crippen LogP contribution in [0, 0.1) is 13.8 Å². The van der Waals surface area contributed by atoms with Crippen molar-refractivity contribution >= 4 is 23.3 Å². The number of rotatable bonds is 6. The number of aryl methyl sites for hydroxylation is 1. The second kappa shape index (κ2) is 8.55. The molecule has 6 nitrogen and oxygen atoms in total. The van der Waals surface area contributed by atoms with Crippen molar-refractivity contribution in [3.63, 3.8) is 0 Å². The zero-order valence-corrected chi connectivity index (χ0v) is 17.6. The molecule has 0 aliphatic carbocycles. The maximum atomic E-state index is 12.6. The summed E-state index contributed by atoms with van der Waals surface area (Å²) in [4.78, 5) is 12.6. The van der Waals surface area contributed by atoms with Crippen molar-refractivity contribution in [2.75, 3.05) is 5.32 Å². The molecule has 7 heteroatoms. The molecule has 4 aromatic rings. The zero-order chi connectivity index (χ0) is 21.1. The topological polar surface area (TPSA) is 64.7 Å². The molecule has 2 aromatic carbocycles. The minimum Gasteiger partial charge on any atom is -0.309 e. The van der Waals surface area contributed by atoms with Gasteiger partial charge in [0.05, 0.1) is 24.3 Å². The third-order valence-electron chi connectivity index (χ3n) is 4.95. The Morgan fingerprint density at radius 3 is 2.47 bits per heavy atom. The Hall–Kier alpha value is -3.38. The lowest BCUT2D eigenvalue weighted by Gasteiger charge is -2.06. The highest BCUT2D eigenvalue weighted by Crippen LogP contribution is 2.20. The van der Waals surface area contributed by atoms with Gasteiger partial charge in [0.15, 0.2) is 5.82 Å². The summed E-state index contributed by atoms with van der Waals surface area (Å²) >= 11 is 5.98. The van der Waals surface area contributed by atoms with E-state index in [1.54, 1.807) is 10.7 Å². The molecule has 1 N–H and O–H groups in total. The van der Waals surface area contributed by atoms with E-state index in [2.05, 4.69) is 15.5 Å². The molecular formula is C23H22ClN5O. The molecule has 0 bridgehead atoms. The van der Waals surface area contributed by atoms with Crippen LogP contribution >= 0.6 is 11.6 Å². The standard InChI is InChI=1S/C23H22ClN5O/c1-16-21(17(2)29(26-16)20-10-8-19(24)9-11-20)14-23(30)25-22-12-13-28(27-22)15-18-6-4-3-5-7-18/h3-13H,14-15H2,1-2H3,(H,25,27,30). The lowest BCUT2D eigenvalue weighted by Crippen LogP contribution is -2.16. The van der Waals surface area contributed by atoms with E-state index in [-0.39, 0.29) is 12.3 Å². The van der Waals surface area contributed by atoms with Gasteiger partial charge in [0.2, 0.25) is 5.91 Å². The molecule has 0 aliphatic heterocycles. The molecule has 0 saturated carbocycles. The van der Waals surface area contributed by atoms with Crippen LogP contribution in [0.3, 0.4) is 0 Å². The van der Waals surface area contributed by atoms with Gasteiger partial charge in [-0.2, -0.15) is 10.2 Å². The number of carbonyl (C=O) groups is 1. The maximum absolute atomic E-state index is 12.6. The highest BCUT2D eigenvalue weighted by molar-refractivity contribution is 6.30. The van der Waals surface area contributed by atoms with Gasteiger partial charge in [0.1, 0.15) is 0 Å². The fourth-order valence-corrected chi connectivity index (χ4v) is 3.52. The highest BCUT2D eigenvalue weighted by atomic mass is 35.5. The molecule has 30 heavy (non-hydrogen) atoms. The monoisotopic (exact) mass is 419 g/mol. The Kier molecular flexibility index (Phi) is 5.68. The second-order valence-corrected chi connectivity index (χ2v) is 7.58. The first-order valence-corrected chi connectivity index (χ1v) is 10.1. The molecule has 2 aromatic heterocycles. The van der Waals surface area contributed by atoms with Crippen molar-refractivity contribution in [3.05, 3.63) is 94.4 Å². The van der Waals surface area contributed by atoms with Gasteiger partial charge < -0.3 is 5.32 Å². The summed E-state index contributed by atoms with van der Waals surface area (Å²) < 4.78 is 3.64. The molecule has 0 atom stereocenters. The smallest absolute Gasteiger partial charge is 0.230 e.